The van der Waals surface area contributed by atoms with E-state index < -0.39 is 89.6 Å². The molecule has 390 valence electrons. The number of rotatable bonds is 39. The molecule has 1 aliphatic rings. The number of hydrogen-bond acceptors (Lipinski definition) is 14. The average molecular weight is 1010 g/mol. The molecule has 1 aliphatic carbocycles. The number of carbonyl (C=O) groups excluding carboxylic acids is 2. The number of phosphoric acid groups is 2. The molecular weight excluding hydrogens is 922 g/mol. The summed E-state index contributed by atoms with van der Waals surface area (Å²) in [6, 6.07) is 0. The van der Waals surface area contributed by atoms with E-state index in [-0.39, 0.29) is 12.8 Å². The number of unbranched alkanes of at least 4 members (excludes halogenated alkanes) is 11. The van der Waals surface area contributed by atoms with Crippen molar-refractivity contribution in [2.24, 2.45) is 0 Å². The van der Waals surface area contributed by atoms with Gasteiger partial charge in [0.05, 0.1) is 12.7 Å². The lowest BCUT2D eigenvalue weighted by atomic mass is 9.85. The largest absolute Gasteiger partial charge is 0.472 e. The van der Waals surface area contributed by atoms with E-state index in [2.05, 4.69) is 42.7 Å². The third kappa shape index (κ3) is 32.9. The molecule has 0 aromatic carbocycles. The van der Waals surface area contributed by atoms with Crippen molar-refractivity contribution < 1.29 is 82.0 Å². The maximum Gasteiger partial charge on any atom is 0.472 e. The number of phosphoric ester groups is 2. The number of ether oxygens (including phenoxy) is 2. The Morgan fingerprint density at radius 2 is 1.06 bits per heavy atom. The quantitative estimate of drug-likeness (QED) is 0.00944. The lowest BCUT2D eigenvalue weighted by Crippen LogP contribution is -2.64. The van der Waals surface area contributed by atoms with E-state index in [1.165, 1.54) is 32.1 Å². The van der Waals surface area contributed by atoms with Crippen LogP contribution >= 0.6 is 15.6 Å². The first-order chi connectivity index (χ1) is 32.5. The van der Waals surface area contributed by atoms with Crippen molar-refractivity contribution in [3.8, 4) is 0 Å². The monoisotopic (exact) mass is 1000 g/mol. The van der Waals surface area contributed by atoms with Crippen LogP contribution in [0.1, 0.15) is 149 Å². The molecule has 0 aromatic heterocycles. The molecule has 0 saturated heterocycles. The summed E-state index contributed by atoms with van der Waals surface area (Å²) in [6.45, 7) is 2.78. The van der Waals surface area contributed by atoms with Crippen LogP contribution in [0.3, 0.4) is 0 Å². The molecule has 9 atom stereocenters. The van der Waals surface area contributed by atoms with Gasteiger partial charge in [-0.05, 0) is 64.2 Å². The second-order valence-electron chi connectivity index (χ2n) is 16.6. The minimum absolute atomic E-state index is 0.0132. The molecule has 1 saturated carbocycles. The lowest BCUT2D eigenvalue weighted by Gasteiger charge is -2.43. The number of aliphatic hydroxyl groups is 5. The van der Waals surface area contributed by atoms with Crippen molar-refractivity contribution in [1.82, 2.24) is 0 Å². The molecular formula is C49H82O17P2. The standard InChI is InChI=1S/C49H82O17P2/c1-3-5-7-9-11-12-13-14-15-16-17-22-25-29-33-37-43(52)64-41(39-63-68(60,61)66-49-46(55)44(53)45(54)48(47(49)56)65-67(57,58)59)38-62-42(51)36-32-28-24-21-19-18-20-23-27-31-35-40(50)34-30-26-10-8-6-4-2/h5-8,18-19,23-24,26-28,30-31,35,40-41,44-50,53-56H,3-4,9-17,20-22,25,29,32-34,36-39H2,1-2H3,(H,60,61)(H2,57,58,59)/b7-5-,8-6-,19-18-,27-23-,28-24-,30-26-,35-31+/t40?,41-,44?,45?,46?,47?,48-,49+/m1/s1. The first-order valence-electron chi connectivity index (χ1n) is 24.2. The van der Waals surface area contributed by atoms with E-state index in [1.807, 2.05) is 48.6 Å². The van der Waals surface area contributed by atoms with Gasteiger partial charge < -0.3 is 49.7 Å². The summed E-state index contributed by atoms with van der Waals surface area (Å²) in [5.41, 5.74) is 0. The van der Waals surface area contributed by atoms with Crippen LogP contribution in [-0.4, -0.2) is 114 Å². The van der Waals surface area contributed by atoms with E-state index in [4.69, 9.17) is 18.5 Å². The van der Waals surface area contributed by atoms with E-state index >= 15 is 0 Å². The van der Waals surface area contributed by atoms with Gasteiger partial charge in [0.1, 0.15) is 43.2 Å². The molecule has 68 heavy (non-hydrogen) atoms. The fourth-order valence-corrected chi connectivity index (χ4v) is 8.38. The number of hydrogen-bond donors (Lipinski definition) is 8. The Kier molecular flexibility index (Phi) is 36.1. The average Bonchev–Trinajstić information content (AvgIpc) is 3.29. The first-order valence-corrected chi connectivity index (χ1v) is 27.3. The summed E-state index contributed by atoms with van der Waals surface area (Å²) < 4.78 is 49.3. The van der Waals surface area contributed by atoms with Gasteiger partial charge in [0.25, 0.3) is 0 Å². The van der Waals surface area contributed by atoms with Crippen LogP contribution in [0.25, 0.3) is 0 Å². The van der Waals surface area contributed by atoms with E-state index in [1.54, 1.807) is 12.2 Å². The number of allylic oxidation sites excluding steroid dienone is 12. The summed E-state index contributed by atoms with van der Waals surface area (Å²) in [6.07, 6.45) is 30.1. The van der Waals surface area contributed by atoms with Crippen molar-refractivity contribution in [2.75, 3.05) is 13.2 Å². The highest BCUT2D eigenvalue weighted by molar-refractivity contribution is 7.47. The van der Waals surface area contributed by atoms with E-state index in [0.717, 1.165) is 57.8 Å². The summed E-state index contributed by atoms with van der Waals surface area (Å²) in [5, 5.41) is 51.3. The zero-order chi connectivity index (χ0) is 50.5. The Hall–Kier alpha value is -2.86. The van der Waals surface area contributed by atoms with Gasteiger partial charge in [-0.3, -0.25) is 23.2 Å². The smallest absolute Gasteiger partial charge is 0.462 e. The molecule has 0 heterocycles. The van der Waals surface area contributed by atoms with Crippen molar-refractivity contribution in [3.05, 3.63) is 85.1 Å². The summed E-state index contributed by atoms with van der Waals surface area (Å²) >= 11 is 0. The van der Waals surface area contributed by atoms with Gasteiger partial charge in [-0.2, -0.15) is 0 Å². The van der Waals surface area contributed by atoms with Crippen LogP contribution in [0.4, 0.5) is 0 Å². The van der Waals surface area contributed by atoms with Crippen LogP contribution < -0.4 is 0 Å². The maximum absolute atomic E-state index is 13.0. The SMILES string of the molecule is CC/C=C\C/C=C\CC(O)/C=C/C=C\C/C=C\C/C=C\CCC(=O)OC[C@H](COP(=O)(O)O[C@H]1C(O)C(O)C(O)[C@@H](OP(=O)(O)O)C1O)OC(=O)CCCCCCCCCCCCC/C=C\CC. The fraction of sp³-hybridized carbons (Fsp3) is 0.673. The molecule has 17 nitrogen and oxygen atoms in total. The zero-order valence-corrected chi connectivity index (χ0v) is 41.9. The summed E-state index contributed by atoms with van der Waals surface area (Å²) in [4.78, 5) is 54.3. The minimum atomic E-state index is -5.38. The summed E-state index contributed by atoms with van der Waals surface area (Å²) in [5.74, 6) is -1.34. The zero-order valence-electron chi connectivity index (χ0n) is 40.1. The van der Waals surface area contributed by atoms with Crippen LogP contribution in [0.5, 0.6) is 0 Å². The highest BCUT2D eigenvalue weighted by Crippen LogP contribution is 2.49. The topological polar surface area (TPSA) is 276 Å². The van der Waals surface area contributed by atoms with Crippen molar-refractivity contribution in [3.63, 3.8) is 0 Å². The molecule has 8 N–H and O–H groups in total. The van der Waals surface area contributed by atoms with Crippen LogP contribution in [0.15, 0.2) is 85.1 Å². The normalized spacial score (nSPS) is 22.4. The van der Waals surface area contributed by atoms with Gasteiger partial charge in [-0.25, -0.2) is 9.13 Å². The molecule has 0 amide bonds. The lowest BCUT2D eigenvalue weighted by molar-refractivity contribution is -0.216. The van der Waals surface area contributed by atoms with Crippen LogP contribution in [0.2, 0.25) is 0 Å². The highest BCUT2D eigenvalue weighted by atomic mass is 31.2. The Morgan fingerprint density at radius 3 is 1.68 bits per heavy atom. The fourth-order valence-electron chi connectivity index (χ4n) is 6.84. The third-order valence-electron chi connectivity index (χ3n) is 10.6. The Morgan fingerprint density at radius 1 is 0.544 bits per heavy atom. The second kappa shape index (κ2) is 38.8. The van der Waals surface area contributed by atoms with Gasteiger partial charge in [0.2, 0.25) is 0 Å². The maximum atomic E-state index is 13.0. The Balaban J connectivity index is 2.65. The van der Waals surface area contributed by atoms with E-state index in [9.17, 15) is 58.9 Å². The van der Waals surface area contributed by atoms with Crippen LogP contribution in [-0.2, 0) is 41.8 Å². The third-order valence-corrected chi connectivity index (χ3v) is 12.1. The van der Waals surface area contributed by atoms with Gasteiger partial charge in [0.15, 0.2) is 6.10 Å². The van der Waals surface area contributed by atoms with Crippen molar-refractivity contribution in [1.29, 1.82) is 0 Å². The molecule has 0 bridgehead atoms. The molecule has 19 heteroatoms. The molecule has 0 aromatic rings. The predicted molar refractivity (Wildman–Crippen MR) is 261 cm³/mol. The molecule has 0 aliphatic heterocycles. The highest BCUT2D eigenvalue weighted by Gasteiger charge is 2.54. The predicted octanol–water partition coefficient (Wildman–Crippen LogP) is 8.36. The molecule has 0 radical (unpaired) electrons. The Labute approximate surface area is 404 Å². The molecule has 6 unspecified atom stereocenters. The van der Waals surface area contributed by atoms with Crippen molar-refractivity contribution >= 4 is 27.6 Å². The van der Waals surface area contributed by atoms with Gasteiger partial charge in [-0.1, -0.05) is 157 Å². The molecule has 1 rings (SSSR count). The number of carbonyl (C=O) groups is 2. The first kappa shape index (κ1) is 63.2. The van der Waals surface area contributed by atoms with Crippen LogP contribution in [0, 0.1) is 0 Å². The second-order valence-corrected chi connectivity index (χ2v) is 19.2. The van der Waals surface area contributed by atoms with Crippen molar-refractivity contribution in [2.45, 2.75) is 198 Å². The molecule has 1 fully saturated rings. The minimum Gasteiger partial charge on any atom is -0.462 e. The number of esters is 2. The summed E-state index contributed by atoms with van der Waals surface area (Å²) in [7, 11) is -10.7. The Bertz CT molecular complexity index is 1650. The van der Waals surface area contributed by atoms with Gasteiger partial charge >= 0.3 is 27.6 Å². The van der Waals surface area contributed by atoms with Gasteiger partial charge in [-0.15, -0.1) is 0 Å². The van der Waals surface area contributed by atoms with Gasteiger partial charge in [0, 0.05) is 12.8 Å². The molecule has 0 spiro atoms. The number of aliphatic hydroxyl groups excluding tert-OH is 5. The van der Waals surface area contributed by atoms with E-state index in [0.29, 0.717) is 32.1 Å².